The summed E-state index contributed by atoms with van der Waals surface area (Å²) in [5, 5.41) is 4.11. The second-order valence-corrected chi connectivity index (χ2v) is 5.49. The molecule has 87 valence electrons. The van der Waals surface area contributed by atoms with Gasteiger partial charge in [-0.25, -0.2) is 0 Å². The van der Waals surface area contributed by atoms with E-state index in [1.54, 1.807) is 0 Å². The van der Waals surface area contributed by atoms with Gasteiger partial charge in [-0.3, -0.25) is 0 Å². The first-order chi connectivity index (χ1) is 8.24. The molecule has 1 N–H and O–H groups in total. The van der Waals surface area contributed by atoms with Gasteiger partial charge in [0.25, 0.3) is 0 Å². The van der Waals surface area contributed by atoms with Crippen molar-refractivity contribution in [3.63, 3.8) is 0 Å². The molecule has 5 radical (unpaired) electrons. The van der Waals surface area contributed by atoms with E-state index in [4.69, 9.17) is 11.6 Å². The summed E-state index contributed by atoms with van der Waals surface area (Å²) in [6, 6.07) is 7.73. The van der Waals surface area contributed by atoms with E-state index in [-0.39, 0.29) is 0 Å². The maximum atomic E-state index is 5.83. The molecule has 0 amide bonds. The third-order valence-electron chi connectivity index (χ3n) is 2.32. The Morgan fingerprint density at radius 3 is 2.47 bits per heavy atom. The van der Waals surface area contributed by atoms with Crippen molar-refractivity contribution in [2.45, 2.75) is 0 Å². The number of hydrogen-bond donors (Lipinski definition) is 1. The van der Waals surface area contributed by atoms with Crippen molar-refractivity contribution in [3.8, 4) is 0 Å². The van der Waals surface area contributed by atoms with Gasteiger partial charge in [0.2, 0.25) is 0 Å². The molecule has 1 saturated carbocycles. The molecular weight excluding hydrogens is 345 g/mol. The van der Waals surface area contributed by atoms with Gasteiger partial charge < -0.3 is 5.32 Å². The number of rotatable bonds is 4. The third-order valence-corrected chi connectivity index (χ3v) is 3.26. The lowest BCUT2D eigenvalue weighted by atomic mass is 10.1. The zero-order valence-electron chi connectivity index (χ0n) is 9.16. The van der Waals surface area contributed by atoms with E-state index in [2.05, 4.69) is 46.8 Å². The molecule has 1 fully saturated rings. The average molecular weight is 357 g/mol. The summed E-state index contributed by atoms with van der Waals surface area (Å²) in [5.74, 6) is 1.24. The molecule has 0 aliphatic heterocycles. The SMILES string of the molecule is Clc1ccc(NC/C(I)=C/[C]2[CH][CH][CH][CH]2)cc1. The van der Waals surface area contributed by atoms with E-state index in [9.17, 15) is 0 Å². The number of halogens is 2. The molecule has 1 aliphatic carbocycles. The van der Waals surface area contributed by atoms with Crippen LogP contribution in [0, 0.1) is 31.6 Å². The van der Waals surface area contributed by atoms with Crippen LogP contribution >= 0.6 is 34.2 Å². The lowest BCUT2D eigenvalue weighted by Gasteiger charge is -2.07. The molecule has 0 saturated heterocycles. The van der Waals surface area contributed by atoms with Gasteiger partial charge >= 0.3 is 0 Å². The van der Waals surface area contributed by atoms with Crippen LogP contribution in [0.5, 0.6) is 0 Å². The van der Waals surface area contributed by atoms with Crippen LogP contribution < -0.4 is 5.32 Å². The molecule has 0 aromatic heterocycles. The van der Waals surface area contributed by atoms with E-state index < -0.39 is 0 Å². The van der Waals surface area contributed by atoms with Crippen molar-refractivity contribution < 1.29 is 0 Å². The zero-order valence-corrected chi connectivity index (χ0v) is 12.1. The van der Waals surface area contributed by atoms with Crippen LogP contribution in [-0.4, -0.2) is 6.54 Å². The summed E-state index contributed by atoms with van der Waals surface area (Å²) in [6.45, 7) is 0.827. The minimum absolute atomic E-state index is 0.762. The quantitative estimate of drug-likeness (QED) is 0.785. The molecule has 1 aromatic rings. The van der Waals surface area contributed by atoms with E-state index in [1.165, 1.54) is 9.50 Å². The van der Waals surface area contributed by atoms with Crippen molar-refractivity contribution in [3.05, 3.63) is 70.5 Å². The zero-order chi connectivity index (χ0) is 12.1. The lowest BCUT2D eigenvalue weighted by Crippen LogP contribution is -2.02. The maximum absolute atomic E-state index is 5.83. The van der Waals surface area contributed by atoms with Crippen LogP contribution in [0.2, 0.25) is 5.02 Å². The van der Waals surface area contributed by atoms with Crippen LogP contribution in [-0.2, 0) is 0 Å². The lowest BCUT2D eigenvalue weighted by molar-refractivity contribution is 1.28. The van der Waals surface area contributed by atoms with Gasteiger partial charge in [0.05, 0.1) is 0 Å². The summed E-state index contributed by atoms with van der Waals surface area (Å²) in [4.78, 5) is 0. The maximum Gasteiger partial charge on any atom is 0.0455 e. The smallest absolute Gasteiger partial charge is 0.0455 e. The van der Waals surface area contributed by atoms with Crippen molar-refractivity contribution in [2.24, 2.45) is 0 Å². The Morgan fingerprint density at radius 2 is 1.82 bits per heavy atom. The average Bonchev–Trinajstić information content (AvgIpc) is 2.81. The van der Waals surface area contributed by atoms with Gasteiger partial charge in [0.1, 0.15) is 0 Å². The second-order valence-electron chi connectivity index (χ2n) is 3.67. The Labute approximate surface area is 122 Å². The van der Waals surface area contributed by atoms with Crippen LogP contribution in [0.3, 0.4) is 0 Å². The fourth-order valence-corrected chi connectivity index (χ4v) is 2.15. The van der Waals surface area contributed by atoms with Gasteiger partial charge in [0.15, 0.2) is 0 Å². The molecule has 0 atom stereocenters. The highest BCUT2D eigenvalue weighted by Crippen LogP contribution is 2.26. The first-order valence-corrected chi connectivity index (χ1v) is 6.77. The highest BCUT2D eigenvalue weighted by molar-refractivity contribution is 14.1. The Morgan fingerprint density at radius 1 is 1.18 bits per heavy atom. The fourth-order valence-electron chi connectivity index (χ4n) is 1.47. The molecular formula is C14H12ClIN. The number of nitrogens with one attached hydrogen (secondary N) is 1. The summed E-state index contributed by atoms with van der Waals surface area (Å²) >= 11 is 8.18. The monoisotopic (exact) mass is 356 g/mol. The van der Waals surface area contributed by atoms with Crippen LogP contribution in [0.15, 0.2) is 33.9 Å². The number of allylic oxidation sites excluding steroid dienone is 1. The molecule has 1 aliphatic rings. The third kappa shape index (κ3) is 4.51. The van der Waals surface area contributed by atoms with Gasteiger partial charge in [0, 0.05) is 26.8 Å². The standard InChI is InChI=1S/C14H12ClIN/c15-12-5-7-14(8-6-12)17-10-13(16)9-11-3-1-2-4-11/h1-9,17H,10H2/b13-9-. The van der Waals surface area contributed by atoms with Crippen molar-refractivity contribution in [2.75, 3.05) is 11.9 Å². The molecule has 0 spiro atoms. The molecule has 3 heteroatoms. The number of benzene rings is 1. The highest BCUT2D eigenvalue weighted by atomic mass is 127. The molecule has 2 rings (SSSR count). The predicted molar refractivity (Wildman–Crippen MR) is 82.5 cm³/mol. The summed E-state index contributed by atoms with van der Waals surface area (Å²) in [5.41, 5.74) is 1.08. The predicted octanol–water partition coefficient (Wildman–Crippen LogP) is 4.48. The topological polar surface area (TPSA) is 12.0 Å². The van der Waals surface area contributed by atoms with E-state index in [0.717, 1.165) is 17.3 Å². The van der Waals surface area contributed by atoms with Crippen molar-refractivity contribution >= 4 is 39.9 Å². The Hall–Kier alpha value is -0.220. The molecule has 1 aromatic carbocycles. The van der Waals surface area contributed by atoms with Gasteiger partial charge in [-0.15, -0.1) is 0 Å². The van der Waals surface area contributed by atoms with Crippen LogP contribution in [0.4, 0.5) is 5.69 Å². The first kappa shape index (κ1) is 13.2. The highest BCUT2D eigenvalue weighted by Gasteiger charge is 2.14. The second kappa shape index (κ2) is 6.64. The van der Waals surface area contributed by atoms with Crippen molar-refractivity contribution in [1.29, 1.82) is 0 Å². The Kier molecular flexibility index (Phi) is 5.16. The summed E-state index contributed by atoms with van der Waals surface area (Å²) in [7, 11) is 0. The molecule has 0 heterocycles. The first-order valence-electron chi connectivity index (χ1n) is 5.31. The molecule has 0 unspecified atom stereocenters. The fraction of sp³-hybridized carbons (Fsp3) is 0.0714. The minimum Gasteiger partial charge on any atom is -0.381 e. The molecule has 0 bridgehead atoms. The summed E-state index contributed by atoms with van der Waals surface area (Å²) in [6.07, 6.45) is 10.5. The van der Waals surface area contributed by atoms with Gasteiger partial charge in [-0.1, -0.05) is 17.7 Å². The van der Waals surface area contributed by atoms with E-state index in [0.29, 0.717) is 0 Å². The van der Waals surface area contributed by atoms with Crippen LogP contribution in [0.1, 0.15) is 0 Å². The van der Waals surface area contributed by atoms with E-state index >= 15 is 0 Å². The molecule has 1 nitrogen and oxygen atoms in total. The normalized spacial score (nSPS) is 17.4. The Balaban J connectivity index is 1.82. The molecule has 17 heavy (non-hydrogen) atoms. The van der Waals surface area contributed by atoms with Crippen LogP contribution in [0.25, 0.3) is 0 Å². The Bertz CT molecular complexity index is 380. The number of anilines is 1. The van der Waals surface area contributed by atoms with Gasteiger partial charge in [-0.2, -0.15) is 0 Å². The minimum atomic E-state index is 0.762. The van der Waals surface area contributed by atoms with Crippen molar-refractivity contribution in [1.82, 2.24) is 0 Å². The van der Waals surface area contributed by atoms with E-state index in [1.807, 2.05) is 37.1 Å². The van der Waals surface area contributed by atoms with Gasteiger partial charge in [-0.05, 0) is 72.5 Å². The summed E-state index contributed by atoms with van der Waals surface area (Å²) < 4.78 is 1.27. The number of hydrogen-bond acceptors (Lipinski definition) is 1. The largest absolute Gasteiger partial charge is 0.381 e.